The van der Waals surface area contributed by atoms with E-state index in [0.29, 0.717) is 18.5 Å². The molecule has 4 heteroatoms. The summed E-state index contributed by atoms with van der Waals surface area (Å²) in [7, 11) is 0. The van der Waals surface area contributed by atoms with Crippen LogP contribution < -0.4 is 10.2 Å². The SMILES string of the molecule is CCC(=O)N1c2ccc(CC(C)N3CCNCC3)cc2CC1C. The van der Waals surface area contributed by atoms with E-state index in [1.165, 1.54) is 11.1 Å². The minimum atomic E-state index is 0.234. The molecule has 1 aromatic rings. The zero-order valence-electron chi connectivity index (χ0n) is 14.6. The Hall–Kier alpha value is -1.39. The van der Waals surface area contributed by atoms with Gasteiger partial charge in [-0.2, -0.15) is 0 Å². The maximum absolute atomic E-state index is 12.2. The molecule has 23 heavy (non-hydrogen) atoms. The molecule has 0 radical (unpaired) electrons. The van der Waals surface area contributed by atoms with Gasteiger partial charge >= 0.3 is 0 Å². The molecule has 1 fully saturated rings. The van der Waals surface area contributed by atoms with Crippen LogP contribution in [0.5, 0.6) is 0 Å². The third-order valence-corrected chi connectivity index (χ3v) is 5.24. The molecule has 0 spiro atoms. The number of rotatable bonds is 4. The van der Waals surface area contributed by atoms with E-state index in [2.05, 4.69) is 42.3 Å². The number of nitrogens with one attached hydrogen (secondary N) is 1. The van der Waals surface area contributed by atoms with Crippen molar-refractivity contribution in [3.8, 4) is 0 Å². The van der Waals surface area contributed by atoms with Gasteiger partial charge in [-0.3, -0.25) is 9.69 Å². The largest absolute Gasteiger partial charge is 0.314 e. The predicted octanol–water partition coefficient (Wildman–Crippen LogP) is 2.21. The third kappa shape index (κ3) is 3.43. The third-order valence-electron chi connectivity index (χ3n) is 5.24. The minimum absolute atomic E-state index is 0.234. The Morgan fingerprint density at radius 1 is 1.35 bits per heavy atom. The van der Waals surface area contributed by atoms with Gasteiger partial charge in [0, 0.05) is 50.4 Å². The van der Waals surface area contributed by atoms with Crippen molar-refractivity contribution in [3.05, 3.63) is 29.3 Å². The number of benzene rings is 1. The summed E-state index contributed by atoms with van der Waals surface area (Å²) in [6, 6.07) is 7.56. The Balaban J connectivity index is 1.72. The number of hydrogen-bond acceptors (Lipinski definition) is 3. The van der Waals surface area contributed by atoms with Crippen LogP contribution in [0.3, 0.4) is 0 Å². The van der Waals surface area contributed by atoms with Gasteiger partial charge < -0.3 is 10.2 Å². The average molecular weight is 315 g/mol. The molecule has 3 rings (SSSR count). The van der Waals surface area contributed by atoms with Crippen LogP contribution in [0.15, 0.2) is 18.2 Å². The first kappa shape index (κ1) is 16.5. The highest BCUT2D eigenvalue weighted by molar-refractivity contribution is 5.96. The number of hydrogen-bond donors (Lipinski definition) is 1. The number of piperazine rings is 1. The lowest BCUT2D eigenvalue weighted by Crippen LogP contribution is -2.48. The minimum Gasteiger partial charge on any atom is -0.314 e. The molecular weight excluding hydrogens is 286 g/mol. The zero-order chi connectivity index (χ0) is 16.4. The lowest BCUT2D eigenvalue weighted by molar-refractivity contribution is -0.118. The quantitative estimate of drug-likeness (QED) is 0.925. The summed E-state index contributed by atoms with van der Waals surface area (Å²) in [4.78, 5) is 16.7. The topological polar surface area (TPSA) is 35.6 Å². The average Bonchev–Trinajstić information content (AvgIpc) is 2.90. The Bertz CT molecular complexity index is 566. The normalized spacial score (nSPS) is 22.9. The fourth-order valence-corrected chi connectivity index (χ4v) is 3.95. The molecular formula is C19H29N3O. The molecule has 0 saturated carbocycles. The van der Waals surface area contributed by atoms with Gasteiger partial charge in [0.2, 0.25) is 5.91 Å². The summed E-state index contributed by atoms with van der Waals surface area (Å²) in [6.45, 7) is 10.9. The van der Waals surface area contributed by atoms with Gasteiger partial charge in [-0.1, -0.05) is 19.1 Å². The van der Waals surface area contributed by atoms with E-state index in [9.17, 15) is 4.79 Å². The van der Waals surface area contributed by atoms with E-state index in [1.54, 1.807) is 0 Å². The highest BCUT2D eigenvalue weighted by Crippen LogP contribution is 2.33. The van der Waals surface area contributed by atoms with Crippen molar-refractivity contribution >= 4 is 11.6 Å². The molecule has 126 valence electrons. The van der Waals surface area contributed by atoms with Gasteiger partial charge in [0.1, 0.15) is 0 Å². The lowest BCUT2D eigenvalue weighted by Gasteiger charge is -2.33. The van der Waals surface area contributed by atoms with Crippen LogP contribution in [0.25, 0.3) is 0 Å². The van der Waals surface area contributed by atoms with E-state index < -0.39 is 0 Å². The van der Waals surface area contributed by atoms with Crippen molar-refractivity contribution in [1.82, 2.24) is 10.2 Å². The highest BCUT2D eigenvalue weighted by Gasteiger charge is 2.30. The Kier molecular flexibility index (Phi) is 5.02. The molecule has 0 aromatic heterocycles. The van der Waals surface area contributed by atoms with Crippen LogP contribution in [0, 0.1) is 0 Å². The van der Waals surface area contributed by atoms with Crippen LogP contribution in [0.4, 0.5) is 5.69 Å². The molecule has 4 nitrogen and oxygen atoms in total. The number of nitrogens with zero attached hydrogens (tertiary/aromatic N) is 2. The van der Waals surface area contributed by atoms with Gasteiger partial charge in [0.25, 0.3) is 0 Å². The smallest absolute Gasteiger partial charge is 0.226 e. The first-order chi connectivity index (χ1) is 11.1. The number of carbonyl (C=O) groups is 1. The summed E-state index contributed by atoms with van der Waals surface area (Å²) in [5.41, 5.74) is 3.86. The van der Waals surface area contributed by atoms with Crippen molar-refractivity contribution in [2.45, 2.75) is 52.1 Å². The molecule has 1 N–H and O–H groups in total. The fraction of sp³-hybridized carbons (Fsp3) is 0.632. The van der Waals surface area contributed by atoms with Crippen LogP contribution in [0.2, 0.25) is 0 Å². The highest BCUT2D eigenvalue weighted by atomic mass is 16.2. The molecule has 2 atom stereocenters. The summed E-state index contributed by atoms with van der Waals surface area (Å²) in [5.74, 6) is 0.234. The van der Waals surface area contributed by atoms with Gasteiger partial charge in [0.05, 0.1) is 0 Å². The number of fused-ring (bicyclic) bond motifs is 1. The first-order valence-corrected chi connectivity index (χ1v) is 8.98. The van der Waals surface area contributed by atoms with E-state index >= 15 is 0 Å². The second-order valence-electron chi connectivity index (χ2n) is 6.97. The number of anilines is 1. The van der Waals surface area contributed by atoms with E-state index in [0.717, 1.165) is 44.7 Å². The van der Waals surface area contributed by atoms with Crippen molar-refractivity contribution in [2.75, 3.05) is 31.1 Å². The second kappa shape index (κ2) is 7.02. The van der Waals surface area contributed by atoms with Gasteiger partial charge in [-0.05, 0) is 43.9 Å². The standard InChI is InChI=1S/C19H29N3O/c1-4-19(23)22-15(3)12-17-13-16(5-6-18(17)22)11-14(2)21-9-7-20-8-10-21/h5-6,13-15,20H,4,7-12H2,1-3H3. The monoisotopic (exact) mass is 315 g/mol. The number of amides is 1. The second-order valence-corrected chi connectivity index (χ2v) is 6.97. The van der Waals surface area contributed by atoms with Crippen molar-refractivity contribution in [1.29, 1.82) is 0 Å². The molecule has 2 aliphatic heterocycles. The first-order valence-electron chi connectivity index (χ1n) is 8.98. The predicted molar refractivity (Wildman–Crippen MR) is 95.0 cm³/mol. The zero-order valence-corrected chi connectivity index (χ0v) is 14.6. The molecule has 2 unspecified atom stereocenters. The molecule has 2 heterocycles. The summed E-state index contributed by atoms with van der Waals surface area (Å²) in [5, 5.41) is 3.41. The molecule has 1 saturated heterocycles. The van der Waals surface area contributed by atoms with Crippen LogP contribution in [-0.2, 0) is 17.6 Å². The number of carbonyl (C=O) groups excluding carboxylic acids is 1. The molecule has 2 aliphatic rings. The lowest BCUT2D eigenvalue weighted by atomic mass is 10.0. The molecule has 1 amide bonds. The Labute approximate surface area is 139 Å². The summed E-state index contributed by atoms with van der Waals surface area (Å²) in [6.07, 6.45) is 2.64. The van der Waals surface area contributed by atoms with Crippen molar-refractivity contribution < 1.29 is 4.79 Å². The molecule has 0 bridgehead atoms. The summed E-state index contributed by atoms with van der Waals surface area (Å²) >= 11 is 0. The molecule has 0 aliphatic carbocycles. The fourth-order valence-electron chi connectivity index (χ4n) is 3.95. The van der Waals surface area contributed by atoms with Gasteiger partial charge in [0.15, 0.2) is 0 Å². The Morgan fingerprint density at radius 2 is 2.09 bits per heavy atom. The molecule has 1 aromatic carbocycles. The van der Waals surface area contributed by atoms with Crippen LogP contribution >= 0.6 is 0 Å². The van der Waals surface area contributed by atoms with E-state index in [4.69, 9.17) is 0 Å². The maximum atomic E-state index is 12.2. The van der Waals surface area contributed by atoms with Crippen molar-refractivity contribution in [2.24, 2.45) is 0 Å². The van der Waals surface area contributed by atoms with Gasteiger partial charge in [-0.25, -0.2) is 0 Å². The summed E-state index contributed by atoms with van der Waals surface area (Å²) < 4.78 is 0. The van der Waals surface area contributed by atoms with Crippen LogP contribution in [0.1, 0.15) is 38.3 Å². The van der Waals surface area contributed by atoms with Gasteiger partial charge in [-0.15, -0.1) is 0 Å². The maximum Gasteiger partial charge on any atom is 0.226 e. The van der Waals surface area contributed by atoms with Crippen LogP contribution in [-0.4, -0.2) is 49.1 Å². The van der Waals surface area contributed by atoms with E-state index in [-0.39, 0.29) is 5.91 Å². The van der Waals surface area contributed by atoms with Crippen molar-refractivity contribution in [3.63, 3.8) is 0 Å². The Morgan fingerprint density at radius 3 is 2.78 bits per heavy atom. The van der Waals surface area contributed by atoms with E-state index in [1.807, 2.05) is 11.8 Å².